The number of thiophene rings is 1. The van der Waals surface area contributed by atoms with Crippen molar-refractivity contribution in [2.24, 2.45) is 11.1 Å². The van der Waals surface area contributed by atoms with Crippen molar-refractivity contribution in [2.45, 2.75) is 25.8 Å². The average Bonchev–Trinajstić information content (AvgIpc) is 2.59. The second kappa shape index (κ2) is 5.04. The summed E-state index contributed by atoms with van der Waals surface area (Å²) >= 11 is 10.0. The third-order valence-corrected chi connectivity index (χ3v) is 5.18. The molecule has 0 spiro atoms. The molecule has 0 aromatic carbocycles. The third-order valence-electron chi connectivity index (χ3n) is 3.17. The summed E-state index contributed by atoms with van der Waals surface area (Å²) < 4.78 is 1.06. The highest BCUT2D eigenvalue weighted by Gasteiger charge is 2.46. The minimum Gasteiger partial charge on any atom is -0.392 e. The quantitative estimate of drug-likeness (QED) is 0.833. The maximum Gasteiger partial charge on any atom is 0.233 e. The molecule has 6 heteroatoms. The first-order chi connectivity index (χ1) is 8.04. The zero-order valence-corrected chi connectivity index (χ0v) is 12.4. The molecule has 0 saturated heterocycles. The zero-order chi connectivity index (χ0) is 12.5. The van der Waals surface area contributed by atoms with Crippen LogP contribution in [0.4, 0.5) is 0 Å². The van der Waals surface area contributed by atoms with E-state index in [9.17, 15) is 4.79 Å². The zero-order valence-electron chi connectivity index (χ0n) is 9.16. The smallest absolute Gasteiger partial charge is 0.233 e. The summed E-state index contributed by atoms with van der Waals surface area (Å²) in [6.07, 6.45) is 2.58. The summed E-state index contributed by atoms with van der Waals surface area (Å²) in [5, 5.41) is 2.92. The fourth-order valence-electron chi connectivity index (χ4n) is 1.90. The number of thiocarbonyl (C=S) groups is 1. The van der Waals surface area contributed by atoms with Crippen LogP contribution in [0.25, 0.3) is 0 Å². The van der Waals surface area contributed by atoms with Crippen LogP contribution < -0.4 is 11.1 Å². The normalized spacial score (nSPS) is 17.2. The van der Waals surface area contributed by atoms with Crippen molar-refractivity contribution in [3.8, 4) is 0 Å². The fourth-order valence-corrected chi connectivity index (χ4v) is 3.62. The molecule has 0 aliphatic heterocycles. The van der Waals surface area contributed by atoms with Crippen LogP contribution in [-0.4, -0.2) is 10.9 Å². The maximum atomic E-state index is 12.1. The van der Waals surface area contributed by atoms with Crippen molar-refractivity contribution in [2.75, 3.05) is 0 Å². The Morgan fingerprint density at radius 1 is 1.59 bits per heavy atom. The Morgan fingerprint density at radius 3 is 2.71 bits per heavy atom. The van der Waals surface area contributed by atoms with Crippen molar-refractivity contribution < 1.29 is 4.79 Å². The predicted molar refractivity (Wildman–Crippen MR) is 76.9 cm³/mol. The topological polar surface area (TPSA) is 55.1 Å². The predicted octanol–water partition coefficient (Wildman–Crippen LogP) is 2.58. The first-order valence-corrected chi connectivity index (χ1v) is 7.39. The molecule has 3 nitrogen and oxygen atoms in total. The van der Waals surface area contributed by atoms with Gasteiger partial charge < -0.3 is 11.1 Å². The lowest BCUT2D eigenvalue weighted by atomic mass is 9.68. The van der Waals surface area contributed by atoms with Gasteiger partial charge in [-0.1, -0.05) is 18.6 Å². The number of hydrogen-bond donors (Lipinski definition) is 2. The molecule has 1 saturated carbocycles. The van der Waals surface area contributed by atoms with Crippen LogP contribution in [0.2, 0.25) is 0 Å². The van der Waals surface area contributed by atoms with E-state index in [4.69, 9.17) is 18.0 Å². The second-order valence-corrected chi connectivity index (χ2v) is 7.18. The number of rotatable bonds is 4. The highest BCUT2D eigenvalue weighted by atomic mass is 79.9. The van der Waals surface area contributed by atoms with E-state index in [2.05, 4.69) is 21.2 Å². The molecule has 0 atom stereocenters. The number of halogens is 1. The molecular weight excluding hydrogens is 320 g/mol. The Balaban J connectivity index is 1.95. The van der Waals surface area contributed by atoms with Gasteiger partial charge in [0.05, 0.1) is 20.7 Å². The Morgan fingerprint density at radius 2 is 2.29 bits per heavy atom. The van der Waals surface area contributed by atoms with Crippen LogP contribution in [0.15, 0.2) is 15.9 Å². The molecular formula is C11H13BrN2OS2. The van der Waals surface area contributed by atoms with Crippen molar-refractivity contribution in [1.82, 2.24) is 5.32 Å². The number of carbonyl (C=O) groups is 1. The van der Waals surface area contributed by atoms with Crippen LogP contribution in [0.1, 0.15) is 24.1 Å². The van der Waals surface area contributed by atoms with Gasteiger partial charge in [0, 0.05) is 4.88 Å². The van der Waals surface area contributed by atoms with E-state index >= 15 is 0 Å². The first-order valence-electron chi connectivity index (χ1n) is 5.37. The first kappa shape index (κ1) is 13.0. The highest BCUT2D eigenvalue weighted by Crippen LogP contribution is 2.41. The Kier molecular flexibility index (Phi) is 3.85. The molecule has 1 amide bonds. The van der Waals surface area contributed by atoms with Gasteiger partial charge in [0.2, 0.25) is 5.91 Å². The Hall–Kier alpha value is -0.460. The third kappa shape index (κ3) is 2.53. The van der Waals surface area contributed by atoms with Gasteiger partial charge in [0.15, 0.2) is 0 Å². The van der Waals surface area contributed by atoms with Crippen molar-refractivity contribution in [3.63, 3.8) is 0 Å². The van der Waals surface area contributed by atoms with Gasteiger partial charge in [-0.3, -0.25) is 4.79 Å². The SMILES string of the molecule is NC(=S)C1(C(=O)NCc2ccc(Br)s2)CCC1. The monoisotopic (exact) mass is 332 g/mol. The molecule has 1 aromatic rings. The lowest BCUT2D eigenvalue weighted by molar-refractivity contribution is -0.130. The van der Waals surface area contributed by atoms with E-state index in [1.165, 1.54) is 0 Å². The maximum absolute atomic E-state index is 12.1. The standard InChI is InChI=1S/C11H13BrN2OS2/c12-8-3-2-7(17-8)6-14-10(15)11(9(13)16)4-1-5-11/h2-3H,1,4-6H2,(H2,13,16)(H,14,15). The van der Waals surface area contributed by atoms with E-state index in [0.29, 0.717) is 11.5 Å². The molecule has 0 bridgehead atoms. The number of carbonyl (C=O) groups excluding carboxylic acids is 1. The van der Waals surface area contributed by atoms with Crippen LogP contribution >= 0.6 is 39.5 Å². The molecule has 0 unspecified atom stereocenters. The molecule has 92 valence electrons. The summed E-state index contributed by atoms with van der Waals surface area (Å²) in [5.41, 5.74) is 5.09. The van der Waals surface area contributed by atoms with Crippen molar-refractivity contribution in [3.05, 3.63) is 20.8 Å². The number of hydrogen-bond acceptors (Lipinski definition) is 3. The molecule has 1 aromatic heterocycles. The Labute approximate surface area is 118 Å². The molecule has 1 fully saturated rings. The average molecular weight is 333 g/mol. The molecule has 1 aliphatic rings. The molecule has 17 heavy (non-hydrogen) atoms. The molecule has 3 N–H and O–H groups in total. The summed E-state index contributed by atoms with van der Waals surface area (Å²) in [5.74, 6) is -0.0271. The summed E-state index contributed by atoms with van der Waals surface area (Å²) in [7, 11) is 0. The molecule has 1 heterocycles. The van der Waals surface area contributed by atoms with Crippen LogP contribution in [-0.2, 0) is 11.3 Å². The van der Waals surface area contributed by atoms with Crippen molar-refractivity contribution in [1.29, 1.82) is 0 Å². The molecule has 1 aliphatic carbocycles. The number of amides is 1. The second-order valence-electron chi connectivity index (χ2n) is 4.19. The summed E-state index contributed by atoms with van der Waals surface area (Å²) in [6.45, 7) is 0.541. The lowest BCUT2D eigenvalue weighted by Gasteiger charge is -2.39. The highest BCUT2D eigenvalue weighted by molar-refractivity contribution is 9.11. The van der Waals surface area contributed by atoms with Gasteiger partial charge in [-0.05, 0) is 40.9 Å². The van der Waals surface area contributed by atoms with Gasteiger partial charge in [-0.2, -0.15) is 0 Å². The van der Waals surface area contributed by atoms with Crippen molar-refractivity contribution >= 4 is 50.4 Å². The van der Waals surface area contributed by atoms with Crippen LogP contribution in [0, 0.1) is 5.41 Å². The van der Waals surface area contributed by atoms with Crippen LogP contribution in [0.5, 0.6) is 0 Å². The minimum atomic E-state index is -0.580. The van der Waals surface area contributed by atoms with E-state index < -0.39 is 5.41 Å². The van der Waals surface area contributed by atoms with Crippen LogP contribution in [0.3, 0.4) is 0 Å². The molecule has 0 radical (unpaired) electrons. The van der Waals surface area contributed by atoms with E-state index in [1.807, 2.05) is 12.1 Å². The van der Waals surface area contributed by atoms with E-state index in [1.54, 1.807) is 11.3 Å². The van der Waals surface area contributed by atoms with Gasteiger partial charge in [0.25, 0.3) is 0 Å². The van der Waals surface area contributed by atoms with Gasteiger partial charge >= 0.3 is 0 Å². The largest absolute Gasteiger partial charge is 0.392 e. The summed E-state index contributed by atoms with van der Waals surface area (Å²) in [4.78, 5) is 13.5. The van der Waals surface area contributed by atoms with Gasteiger partial charge in [-0.25, -0.2) is 0 Å². The molecule has 2 rings (SSSR count). The minimum absolute atomic E-state index is 0.0271. The fraction of sp³-hybridized carbons (Fsp3) is 0.455. The van der Waals surface area contributed by atoms with Gasteiger partial charge in [-0.15, -0.1) is 11.3 Å². The number of nitrogens with two attached hydrogens (primary N) is 1. The number of nitrogens with one attached hydrogen (secondary N) is 1. The van der Waals surface area contributed by atoms with Gasteiger partial charge in [0.1, 0.15) is 0 Å². The lowest BCUT2D eigenvalue weighted by Crippen LogP contribution is -2.52. The Bertz CT molecular complexity index is 454. The van der Waals surface area contributed by atoms with E-state index in [0.717, 1.165) is 27.9 Å². The van der Waals surface area contributed by atoms with E-state index in [-0.39, 0.29) is 5.91 Å². The summed E-state index contributed by atoms with van der Waals surface area (Å²) in [6, 6.07) is 3.96.